The Balaban J connectivity index is 3.45. The topological polar surface area (TPSA) is 64.3 Å². The van der Waals surface area contributed by atoms with E-state index in [0.717, 1.165) is 0 Å². The molecule has 4 heteroatoms. The summed E-state index contributed by atoms with van der Waals surface area (Å²) < 4.78 is 4.36. The van der Waals surface area contributed by atoms with Gasteiger partial charge in [-0.15, -0.1) is 0 Å². The smallest absolute Gasteiger partial charge is 0.323 e. The minimum atomic E-state index is -0.542. The average molecular weight is 132 g/mol. The van der Waals surface area contributed by atoms with Crippen molar-refractivity contribution in [3.05, 3.63) is 0 Å². The monoisotopic (exact) mass is 132 g/mol. The normalized spacial score (nSPS) is 12.8. The number of esters is 1. The predicted molar refractivity (Wildman–Crippen MR) is 33.9 cm³/mol. The number of carbonyl (C=O) groups is 1. The molecule has 0 radical (unpaired) electrons. The molecule has 9 heavy (non-hydrogen) atoms. The molecule has 0 aromatic heterocycles. The number of hydrogen-bond donors (Lipinski definition) is 2. The van der Waals surface area contributed by atoms with E-state index in [2.05, 4.69) is 10.1 Å². The van der Waals surface area contributed by atoms with Gasteiger partial charge >= 0.3 is 5.97 Å². The van der Waals surface area contributed by atoms with E-state index in [-0.39, 0.29) is 5.97 Å². The lowest BCUT2D eigenvalue weighted by atomic mass is 10.3. The van der Waals surface area contributed by atoms with E-state index in [1.807, 2.05) is 0 Å². The molecule has 0 heterocycles. The number of hydrogen-bond acceptors (Lipinski definition) is 4. The average Bonchev–Trinajstić information content (AvgIpc) is 1.87. The van der Waals surface area contributed by atoms with Crippen LogP contribution in [0.3, 0.4) is 0 Å². The lowest BCUT2D eigenvalue weighted by molar-refractivity contribution is -0.142. The first kappa shape index (κ1) is 8.39. The Morgan fingerprint density at radius 3 is 2.78 bits per heavy atom. The van der Waals surface area contributed by atoms with Crippen LogP contribution in [0.4, 0.5) is 0 Å². The molecule has 0 saturated carbocycles. The highest BCUT2D eigenvalue weighted by atomic mass is 16.5. The summed E-state index contributed by atoms with van der Waals surface area (Å²) in [6.45, 7) is 0.451. The molecule has 0 aliphatic carbocycles. The summed E-state index contributed by atoms with van der Waals surface area (Å²) >= 11 is 0. The predicted octanol–water partition coefficient (Wildman–Crippen LogP) is -1.29. The van der Waals surface area contributed by atoms with Crippen LogP contribution in [-0.4, -0.2) is 32.7 Å². The number of carbonyl (C=O) groups excluding carboxylic acids is 1. The molecular weight excluding hydrogens is 120 g/mol. The molecule has 3 N–H and O–H groups in total. The van der Waals surface area contributed by atoms with E-state index in [1.165, 1.54) is 7.11 Å². The molecule has 0 aliphatic heterocycles. The molecule has 0 bridgehead atoms. The zero-order valence-corrected chi connectivity index (χ0v) is 5.68. The van der Waals surface area contributed by atoms with Crippen LogP contribution in [0.1, 0.15) is 0 Å². The fourth-order valence-electron chi connectivity index (χ4n) is 0.455. The van der Waals surface area contributed by atoms with Crippen molar-refractivity contribution in [1.82, 2.24) is 5.32 Å². The summed E-state index contributed by atoms with van der Waals surface area (Å²) in [5.74, 6) is -0.385. The van der Waals surface area contributed by atoms with E-state index >= 15 is 0 Å². The van der Waals surface area contributed by atoms with Crippen LogP contribution in [0.25, 0.3) is 0 Å². The second kappa shape index (κ2) is 4.29. The van der Waals surface area contributed by atoms with Gasteiger partial charge < -0.3 is 15.8 Å². The van der Waals surface area contributed by atoms with Crippen molar-refractivity contribution in [2.24, 2.45) is 5.73 Å². The third-order valence-electron chi connectivity index (χ3n) is 0.928. The van der Waals surface area contributed by atoms with E-state index in [1.54, 1.807) is 7.05 Å². The first-order valence-corrected chi connectivity index (χ1v) is 2.70. The molecule has 0 saturated heterocycles. The Bertz CT molecular complexity index is 95.0. The Morgan fingerprint density at radius 1 is 1.89 bits per heavy atom. The van der Waals surface area contributed by atoms with Gasteiger partial charge in [-0.05, 0) is 7.05 Å². The SMILES string of the molecule is CNCC(N)C(=O)OC. The summed E-state index contributed by atoms with van der Waals surface area (Å²) in [7, 11) is 3.04. The lowest BCUT2D eigenvalue weighted by Crippen LogP contribution is -2.39. The molecule has 4 nitrogen and oxygen atoms in total. The molecule has 0 fully saturated rings. The van der Waals surface area contributed by atoms with Gasteiger partial charge in [0.05, 0.1) is 7.11 Å². The molecule has 54 valence electrons. The summed E-state index contributed by atoms with van der Waals surface area (Å²) in [5, 5.41) is 2.76. The largest absolute Gasteiger partial charge is 0.468 e. The second-order valence-corrected chi connectivity index (χ2v) is 1.69. The molecule has 0 rings (SSSR count). The molecule has 0 aliphatic rings. The van der Waals surface area contributed by atoms with Gasteiger partial charge in [0.15, 0.2) is 0 Å². The van der Waals surface area contributed by atoms with Crippen LogP contribution >= 0.6 is 0 Å². The quantitative estimate of drug-likeness (QED) is 0.469. The number of nitrogens with two attached hydrogens (primary N) is 1. The lowest BCUT2D eigenvalue weighted by Gasteiger charge is -2.06. The van der Waals surface area contributed by atoms with Gasteiger partial charge in [0.1, 0.15) is 6.04 Å². The molecule has 0 aromatic rings. The third-order valence-corrected chi connectivity index (χ3v) is 0.928. The highest BCUT2D eigenvalue weighted by Crippen LogP contribution is 1.78. The van der Waals surface area contributed by atoms with Crippen molar-refractivity contribution >= 4 is 5.97 Å². The Hall–Kier alpha value is -0.610. The Morgan fingerprint density at radius 2 is 2.44 bits per heavy atom. The first-order chi connectivity index (χ1) is 4.22. The van der Waals surface area contributed by atoms with E-state index < -0.39 is 6.04 Å². The van der Waals surface area contributed by atoms with Gasteiger partial charge in [-0.25, -0.2) is 0 Å². The number of likely N-dealkylation sites (N-methyl/N-ethyl adjacent to an activating group) is 1. The van der Waals surface area contributed by atoms with Crippen molar-refractivity contribution in [1.29, 1.82) is 0 Å². The van der Waals surface area contributed by atoms with Crippen molar-refractivity contribution < 1.29 is 9.53 Å². The van der Waals surface area contributed by atoms with Crippen LogP contribution in [-0.2, 0) is 9.53 Å². The summed E-state index contributed by atoms with van der Waals surface area (Å²) in [4.78, 5) is 10.5. The molecule has 1 unspecified atom stereocenters. The number of ether oxygens (including phenoxy) is 1. The van der Waals surface area contributed by atoms with Crippen LogP contribution < -0.4 is 11.1 Å². The van der Waals surface area contributed by atoms with E-state index in [9.17, 15) is 4.79 Å². The minimum absolute atomic E-state index is 0.385. The summed E-state index contributed by atoms with van der Waals surface area (Å²) in [6.07, 6.45) is 0. The first-order valence-electron chi connectivity index (χ1n) is 2.70. The standard InChI is InChI=1S/C5H12N2O2/c1-7-3-4(6)5(8)9-2/h4,7H,3,6H2,1-2H3. The van der Waals surface area contributed by atoms with E-state index in [0.29, 0.717) is 6.54 Å². The third kappa shape index (κ3) is 3.05. The highest BCUT2D eigenvalue weighted by Gasteiger charge is 2.10. The van der Waals surface area contributed by atoms with Crippen LogP contribution in [0.15, 0.2) is 0 Å². The van der Waals surface area contributed by atoms with Crippen molar-refractivity contribution in [3.63, 3.8) is 0 Å². The number of nitrogens with one attached hydrogen (secondary N) is 1. The fourth-order valence-corrected chi connectivity index (χ4v) is 0.455. The van der Waals surface area contributed by atoms with E-state index in [4.69, 9.17) is 5.73 Å². The van der Waals surface area contributed by atoms with Gasteiger partial charge in [-0.3, -0.25) is 4.79 Å². The Kier molecular flexibility index (Phi) is 4.00. The summed E-state index contributed by atoms with van der Waals surface area (Å²) in [6, 6.07) is -0.542. The minimum Gasteiger partial charge on any atom is -0.468 e. The summed E-state index contributed by atoms with van der Waals surface area (Å²) in [5.41, 5.74) is 5.30. The molecule has 0 aromatic carbocycles. The maximum absolute atomic E-state index is 10.5. The van der Waals surface area contributed by atoms with Gasteiger partial charge in [-0.1, -0.05) is 0 Å². The zero-order chi connectivity index (χ0) is 7.28. The maximum atomic E-state index is 10.5. The van der Waals surface area contributed by atoms with Crippen LogP contribution in [0, 0.1) is 0 Å². The number of methoxy groups -OCH3 is 1. The van der Waals surface area contributed by atoms with Gasteiger partial charge in [0.25, 0.3) is 0 Å². The fraction of sp³-hybridized carbons (Fsp3) is 0.800. The molecule has 0 spiro atoms. The van der Waals surface area contributed by atoms with Crippen LogP contribution in [0.5, 0.6) is 0 Å². The van der Waals surface area contributed by atoms with Crippen molar-refractivity contribution in [2.45, 2.75) is 6.04 Å². The van der Waals surface area contributed by atoms with Crippen LogP contribution in [0.2, 0.25) is 0 Å². The molecule has 0 amide bonds. The highest BCUT2D eigenvalue weighted by molar-refractivity contribution is 5.75. The van der Waals surface area contributed by atoms with Crippen molar-refractivity contribution in [3.8, 4) is 0 Å². The van der Waals surface area contributed by atoms with Gasteiger partial charge in [0.2, 0.25) is 0 Å². The zero-order valence-electron chi connectivity index (χ0n) is 5.68. The van der Waals surface area contributed by atoms with Crippen molar-refractivity contribution in [2.75, 3.05) is 20.7 Å². The van der Waals surface area contributed by atoms with Gasteiger partial charge in [-0.2, -0.15) is 0 Å². The van der Waals surface area contributed by atoms with Gasteiger partial charge in [0, 0.05) is 6.54 Å². The Labute approximate surface area is 54.4 Å². The molecule has 1 atom stereocenters. The number of rotatable bonds is 3. The second-order valence-electron chi connectivity index (χ2n) is 1.69. The maximum Gasteiger partial charge on any atom is 0.323 e. The molecular formula is C5H12N2O2.